The summed E-state index contributed by atoms with van der Waals surface area (Å²) in [6, 6.07) is 6.05. The average molecular weight is 303 g/mol. The maximum absolute atomic E-state index is 11.5. The summed E-state index contributed by atoms with van der Waals surface area (Å²) in [5.74, 6) is 0.846. The van der Waals surface area contributed by atoms with Gasteiger partial charge in [-0.05, 0) is 24.8 Å². The maximum Gasteiger partial charge on any atom is 0.367 e. The summed E-state index contributed by atoms with van der Waals surface area (Å²) < 4.78 is 0. The third kappa shape index (κ3) is 3.02. The van der Waals surface area contributed by atoms with Gasteiger partial charge in [-0.2, -0.15) is 4.99 Å². The Morgan fingerprint density at radius 3 is 2.76 bits per heavy atom. The molecule has 6 nitrogen and oxygen atoms in total. The van der Waals surface area contributed by atoms with Crippen LogP contribution in [0.3, 0.4) is 0 Å². The number of carbonyl (C=O) groups excluding carboxylic acids is 1. The number of non-ortho nitro benzene ring substituents is 1. The van der Waals surface area contributed by atoms with Crippen molar-refractivity contribution in [3.8, 4) is 0 Å². The van der Waals surface area contributed by atoms with E-state index in [2.05, 4.69) is 9.98 Å². The monoisotopic (exact) mass is 303 g/mol. The first-order valence-corrected chi connectivity index (χ1v) is 7.68. The predicted octanol–water partition coefficient (Wildman–Crippen LogP) is 3.60. The summed E-state index contributed by atoms with van der Waals surface area (Å²) in [7, 11) is 0. The van der Waals surface area contributed by atoms with Gasteiger partial charge in [-0.1, -0.05) is 12.1 Å². The SMILES string of the molecule is O=C1N=C2CCCC2C(SCc2ccc([N+](=O)[O-])cc2)=N1. The molecule has 1 aromatic carbocycles. The Labute approximate surface area is 125 Å². The molecule has 21 heavy (non-hydrogen) atoms. The molecule has 1 unspecified atom stereocenters. The standard InChI is InChI=1S/C14H13N3O3S/c18-14-15-12-3-1-2-11(12)13(16-14)21-8-9-4-6-10(7-5-9)17(19)20/h4-7,11H,1-3,8H2. The van der Waals surface area contributed by atoms with Crippen LogP contribution < -0.4 is 0 Å². The highest BCUT2D eigenvalue weighted by molar-refractivity contribution is 8.13. The average Bonchev–Trinajstić information content (AvgIpc) is 2.93. The van der Waals surface area contributed by atoms with E-state index < -0.39 is 11.0 Å². The van der Waals surface area contributed by atoms with Crippen molar-refractivity contribution in [2.24, 2.45) is 15.9 Å². The lowest BCUT2D eigenvalue weighted by molar-refractivity contribution is -0.384. The first-order valence-electron chi connectivity index (χ1n) is 6.69. The molecule has 1 fully saturated rings. The summed E-state index contributed by atoms with van der Waals surface area (Å²) in [4.78, 5) is 29.7. The van der Waals surface area contributed by atoms with Crippen LogP contribution in [0.25, 0.3) is 0 Å². The Balaban J connectivity index is 1.67. The molecular formula is C14H13N3O3S. The molecule has 0 aromatic heterocycles. The van der Waals surface area contributed by atoms with Crippen LogP contribution in [0.1, 0.15) is 24.8 Å². The number of nitrogens with zero attached hydrogens (tertiary/aromatic N) is 3. The minimum absolute atomic E-state index is 0.0825. The molecule has 1 aliphatic carbocycles. The Morgan fingerprint density at radius 1 is 1.29 bits per heavy atom. The van der Waals surface area contributed by atoms with Gasteiger partial charge in [0.2, 0.25) is 0 Å². The molecule has 0 spiro atoms. The highest BCUT2D eigenvalue weighted by atomic mass is 32.2. The number of hydrogen-bond donors (Lipinski definition) is 0. The zero-order valence-electron chi connectivity index (χ0n) is 11.2. The minimum atomic E-state index is -0.415. The summed E-state index contributed by atoms with van der Waals surface area (Å²) >= 11 is 1.52. The smallest absolute Gasteiger partial charge is 0.258 e. The maximum atomic E-state index is 11.5. The minimum Gasteiger partial charge on any atom is -0.258 e. The van der Waals surface area contributed by atoms with Crippen LogP contribution in [-0.2, 0) is 5.75 Å². The number of urea groups is 1. The van der Waals surface area contributed by atoms with E-state index in [0.717, 1.165) is 35.6 Å². The van der Waals surface area contributed by atoms with Crippen molar-refractivity contribution in [3.05, 3.63) is 39.9 Å². The number of hydrogen-bond acceptors (Lipinski definition) is 4. The van der Waals surface area contributed by atoms with Crippen LogP contribution in [0, 0.1) is 16.0 Å². The second kappa shape index (κ2) is 5.77. The van der Waals surface area contributed by atoms with Crippen molar-refractivity contribution in [1.82, 2.24) is 0 Å². The molecular weight excluding hydrogens is 290 g/mol. The zero-order valence-corrected chi connectivity index (χ0v) is 12.0. The molecule has 1 heterocycles. The fourth-order valence-corrected chi connectivity index (χ4v) is 3.66. The van der Waals surface area contributed by atoms with Gasteiger partial charge in [-0.25, -0.2) is 9.79 Å². The Kier molecular flexibility index (Phi) is 3.83. The van der Waals surface area contributed by atoms with Crippen LogP contribution >= 0.6 is 11.8 Å². The molecule has 1 aromatic rings. The van der Waals surface area contributed by atoms with E-state index in [1.807, 2.05) is 0 Å². The number of amides is 2. The number of carbonyl (C=O) groups is 1. The summed E-state index contributed by atoms with van der Waals surface area (Å²) in [6.07, 6.45) is 2.93. The van der Waals surface area contributed by atoms with Crippen LogP contribution in [0.2, 0.25) is 0 Å². The van der Waals surface area contributed by atoms with Crippen molar-refractivity contribution in [3.63, 3.8) is 0 Å². The molecule has 1 saturated carbocycles. The number of fused-ring (bicyclic) bond motifs is 1. The van der Waals surface area contributed by atoms with Gasteiger partial charge in [0.15, 0.2) is 0 Å². The quantitative estimate of drug-likeness (QED) is 0.630. The van der Waals surface area contributed by atoms with Gasteiger partial charge in [0.1, 0.15) is 0 Å². The van der Waals surface area contributed by atoms with Gasteiger partial charge in [-0.3, -0.25) is 10.1 Å². The van der Waals surface area contributed by atoms with Crippen LogP contribution in [0.5, 0.6) is 0 Å². The summed E-state index contributed by atoms with van der Waals surface area (Å²) in [5.41, 5.74) is 2.02. The molecule has 3 rings (SSSR count). The molecule has 1 aliphatic heterocycles. The van der Waals surface area contributed by atoms with Crippen molar-refractivity contribution >= 4 is 34.2 Å². The fraction of sp³-hybridized carbons (Fsp3) is 0.357. The normalized spacial score (nSPS) is 20.8. The lowest BCUT2D eigenvalue weighted by atomic mass is 10.1. The number of aliphatic imine (C=N–C) groups is 2. The number of benzene rings is 1. The summed E-state index contributed by atoms with van der Waals surface area (Å²) in [5, 5.41) is 11.4. The molecule has 1 atom stereocenters. The molecule has 2 amide bonds. The van der Waals surface area contributed by atoms with Gasteiger partial charge in [0, 0.05) is 29.5 Å². The van der Waals surface area contributed by atoms with Gasteiger partial charge >= 0.3 is 6.03 Å². The van der Waals surface area contributed by atoms with Crippen molar-refractivity contribution in [2.45, 2.75) is 25.0 Å². The van der Waals surface area contributed by atoms with E-state index >= 15 is 0 Å². The van der Waals surface area contributed by atoms with E-state index in [1.54, 1.807) is 12.1 Å². The van der Waals surface area contributed by atoms with E-state index in [4.69, 9.17) is 0 Å². The van der Waals surface area contributed by atoms with Crippen LogP contribution in [-0.4, -0.2) is 21.7 Å². The van der Waals surface area contributed by atoms with Gasteiger partial charge in [-0.15, -0.1) is 11.8 Å². The largest absolute Gasteiger partial charge is 0.367 e. The third-order valence-corrected chi connectivity index (χ3v) is 4.75. The second-order valence-electron chi connectivity index (χ2n) is 4.99. The fourth-order valence-electron chi connectivity index (χ4n) is 2.55. The van der Waals surface area contributed by atoms with Crippen molar-refractivity contribution in [1.29, 1.82) is 0 Å². The van der Waals surface area contributed by atoms with E-state index in [1.165, 1.54) is 23.9 Å². The highest BCUT2D eigenvalue weighted by Crippen LogP contribution is 2.32. The number of thioether (sulfide) groups is 1. The predicted molar refractivity (Wildman–Crippen MR) is 82.0 cm³/mol. The Bertz CT molecular complexity index is 652. The van der Waals surface area contributed by atoms with Gasteiger partial charge in [0.25, 0.3) is 5.69 Å². The molecule has 0 radical (unpaired) electrons. The lowest BCUT2D eigenvalue weighted by Gasteiger charge is -2.16. The van der Waals surface area contributed by atoms with Crippen LogP contribution in [0.15, 0.2) is 34.3 Å². The molecule has 0 bridgehead atoms. The topological polar surface area (TPSA) is 84.9 Å². The molecule has 2 aliphatic rings. The van der Waals surface area contributed by atoms with Gasteiger partial charge < -0.3 is 0 Å². The Morgan fingerprint density at radius 2 is 2.05 bits per heavy atom. The lowest BCUT2D eigenvalue weighted by Crippen LogP contribution is -2.22. The first-order chi connectivity index (χ1) is 10.1. The molecule has 0 saturated heterocycles. The Hall–Kier alpha value is -2.02. The van der Waals surface area contributed by atoms with Gasteiger partial charge in [0.05, 0.1) is 9.97 Å². The van der Waals surface area contributed by atoms with Crippen molar-refractivity contribution < 1.29 is 9.72 Å². The first kappa shape index (κ1) is 13.9. The highest BCUT2D eigenvalue weighted by Gasteiger charge is 2.31. The van der Waals surface area contributed by atoms with Crippen LogP contribution in [0.4, 0.5) is 10.5 Å². The van der Waals surface area contributed by atoms with E-state index in [-0.39, 0.29) is 11.6 Å². The zero-order chi connectivity index (χ0) is 14.8. The van der Waals surface area contributed by atoms with Crippen molar-refractivity contribution in [2.75, 3.05) is 0 Å². The number of nitro benzene ring substituents is 1. The third-order valence-electron chi connectivity index (χ3n) is 3.61. The number of nitro groups is 1. The number of rotatable bonds is 3. The van der Waals surface area contributed by atoms with E-state index in [9.17, 15) is 14.9 Å². The van der Waals surface area contributed by atoms with E-state index in [0.29, 0.717) is 5.75 Å². The molecule has 7 heteroatoms. The second-order valence-corrected chi connectivity index (χ2v) is 5.99. The summed E-state index contributed by atoms with van der Waals surface area (Å²) in [6.45, 7) is 0. The molecule has 0 N–H and O–H groups in total. The molecule has 108 valence electrons.